The van der Waals surface area contributed by atoms with E-state index in [-0.39, 0.29) is 11.7 Å². The van der Waals surface area contributed by atoms with Gasteiger partial charge in [0.25, 0.3) is 0 Å². The third-order valence-electron chi connectivity index (χ3n) is 2.64. The molecule has 0 amide bonds. The second-order valence-electron chi connectivity index (χ2n) is 4.08. The molecule has 0 aliphatic carbocycles. The first-order chi connectivity index (χ1) is 7.65. The number of rotatable bonds is 3. The van der Waals surface area contributed by atoms with Crippen molar-refractivity contribution in [2.24, 2.45) is 0 Å². The number of aromatic amines is 1. The normalized spacial score (nSPS) is 11.2. The molecule has 1 N–H and O–H groups in total. The predicted octanol–water partition coefficient (Wildman–Crippen LogP) is 1.65. The number of imidazole rings is 1. The van der Waals surface area contributed by atoms with Crippen molar-refractivity contribution in [3.63, 3.8) is 0 Å². The van der Waals surface area contributed by atoms with Gasteiger partial charge in [0.1, 0.15) is 6.29 Å². The molecule has 4 heteroatoms. The molecule has 0 saturated heterocycles. The minimum absolute atomic E-state index is 0.0778. The van der Waals surface area contributed by atoms with Gasteiger partial charge < -0.3 is 9.78 Å². The number of para-hydroxylation sites is 1. The van der Waals surface area contributed by atoms with E-state index >= 15 is 0 Å². The lowest BCUT2D eigenvalue weighted by atomic mass is 10.1. The molecule has 0 aliphatic rings. The summed E-state index contributed by atoms with van der Waals surface area (Å²) in [5.74, 6) is 0. The fraction of sp³-hybridized carbons (Fsp3) is 0.333. The van der Waals surface area contributed by atoms with Crippen LogP contribution in [0.2, 0.25) is 0 Å². The predicted molar refractivity (Wildman–Crippen MR) is 62.7 cm³/mol. The van der Waals surface area contributed by atoms with Gasteiger partial charge in [0, 0.05) is 12.5 Å². The Morgan fingerprint density at radius 3 is 2.81 bits per heavy atom. The van der Waals surface area contributed by atoms with Crippen LogP contribution < -0.4 is 5.69 Å². The van der Waals surface area contributed by atoms with Crippen LogP contribution in [0.15, 0.2) is 23.0 Å². The number of carbonyl (C=O) groups excluding carboxylic acids is 1. The van der Waals surface area contributed by atoms with Crippen molar-refractivity contribution in [2.45, 2.75) is 26.3 Å². The summed E-state index contributed by atoms with van der Waals surface area (Å²) in [6, 6.07) is 5.66. The smallest absolute Gasteiger partial charge is 0.306 e. The van der Waals surface area contributed by atoms with Gasteiger partial charge in [-0.15, -0.1) is 0 Å². The van der Waals surface area contributed by atoms with E-state index in [4.69, 9.17) is 0 Å². The van der Waals surface area contributed by atoms with Crippen LogP contribution in [0, 0.1) is 0 Å². The van der Waals surface area contributed by atoms with Crippen molar-refractivity contribution in [2.75, 3.05) is 0 Å². The molecule has 1 aromatic carbocycles. The molecule has 4 nitrogen and oxygen atoms in total. The number of H-pyrrole nitrogens is 1. The lowest BCUT2D eigenvalue weighted by Crippen LogP contribution is -2.19. The first-order valence-corrected chi connectivity index (χ1v) is 5.31. The standard InChI is InChI=1S/C12H14N2O2/c1-8(2)14-11-9(6-7-15)4-3-5-10(11)13-12(14)16/h3-5,7-8H,6H2,1-2H3,(H,13,16). The lowest BCUT2D eigenvalue weighted by Gasteiger charge is -2.09. The van der Waals surface area contributed by atoms with Crippen molar-refractivity contribution in [1.82, 2.24) is 9.55 Å². The van der Waals surface area contributed by atoms with E-state index in [1.54, 1.807) is 4.57 Å². The van der Waals surface area contributed by atoms with Crippen LogP contribution >= 0.6 is 0 Å². The van der Waals surface area contributed by atoms with Gasteiger partial charge >= 0.3 is 5.69 Å². The molecule has 1 aromatic heterocycles. The molecule has 2 rings (SSSR count). The van der Waals surface area contributed by atoms with Crippen LogP contribution in [0.5, 0.6) is 0 Å². The molecule has 0 bridgehead atoms. The Morgan fingerprint density at radius 1 is 1.44 bits per heavy atom. The number of aromatic nitrogens is 2. The van der Waals surface area contributed by atoms with E-state index in [9.17, 15) is 9.59 Å². The van der Waals surface area contributed by atoms with Gasteiger partial charge in [-0.05, 0) is 25.5 Å². The summed E-state index contributed by atoms with van der Waals surface area (Å²) >= 11 is 0. The lowest BCUT2D eigenvalue weighted by molar-refractivity contribution is -0.107. The van der Waals surface area contributed by atoms with Crippen LogP contribution in [0.3, 0.4) is 0 Å². The van der Waals surface area contributed by atoms with E-state index in [0.717, 1.165) is 22.9 Å². The van der Waals surface area contributed by atoms with Crippen LogP contribution in [0.4, 0.5) is 0 Å². The molecule has 0 atom stereocenters. The Hall–Kier alpha value is -1.84. The minimum Gasteiger partial charge on any atom is -0.306 e. The number of nitrogens with one attached hydrogen (secondary N) is 1. The van der Waals surface area contributed by atoms with E-state index in [1.165, 1.54) is 0 Å². The van der Waals surface area contributed by atoms with Crippen LogP contribution in [-0.2, 0) is 11.2 Å². The zero-order chi connectivity index (χ0) is 11.7. The largest absolute Gasteiger partial charge is 0.326 e. The first kappa shape index (κ1) is 10.7. The number of aldehydes is 1. The van der Waals surface area contributed by atoms with E-state index in [0.29, 0.717) is 6.42 Å². The second-order valence-corrected chi connectivity index (χ2v) is 4.08. The average Bonchev–Trinajstić information content (AvgIpc) is 2.55. The van der Waals surface area contributed by atoms with Crippen LogP contribution in [0.25, 0.3) is 11.0 Å². The Morgan fingerprint density at radius 2 is 2.19 bits per heavy atom. The maximum absolute atomic E-state index is 11.8. The Bertz CT molecular complexity index is 578. The first-order valence-electron chi connectivity index (χ1n) is 5.31. The van der Waals surface area contributed by atoms with Crippen LogP contribution in [-0.4, -0.2) is 15.8 Å². The summed E-state index contributed by atoms with van der Waals surface area (Å²) in [6.07, 6.45) is 1.19. The number of fused-ring (bicyclic) bond motifs is 1. The Labute approximate surface area is 92.9 Å². The maximum Gasteiger partial charge on any atom is 0.326 e. The topological polar surface area (TPSA) is 54.9 Å². The molecule has 0 radical (unpaired) electrons. The number of carbonyl (C=O) groups is 1. The third kappa shape index (κ3) is 1.56. The summed E-state index contributed by atoms with van der Waals surface area (Å²) in [7, 11) is 0. The fourth-order valence-corrected chi connectivity index (χ4v) is 2.00. The molecule has 0 aliphatic heterocycles. The van der Waals surface area contributed by atoms with E-state index in [1.807, 2.05) is 32.0 Å². The molecule has 84 valence electrons. The Balaban J connectivity index is 2.82. The second kappa shape index (κ2) is 3.96. The zero-order valence-corrected chi connectivity index (χ0v) is 9.36. The highest BCUT2D eigenvalue weighted by Gasteiger charge is 2.12. The zero-order valence-electron chi connectivity index (χ0n) is 9.36. The minimum atomic E-state index is -0.122. The number of hydrogen-bond donors (Lipinski definition) is 1. The van der Waals surface area contributed by atoms with Gasteiger partial charge in [-0.2, -0.15) is 0 Å². The van der Waals surface area contributed by atoms with Gasteiger partial charge in [-0.25, -0.2) is 4.79 Å². The van der Waals surface area contributed by atoms with Crippen molar-refractivity contribution in [3.05, 3.63) is 34.2 Å². The summed E-state index contributed by atoms with van der Waals surface area (Å²) < 4.78 is 1.69. The SMILES string of the molecule is CC(C)n1c(=O)[nH]c2cccc(CC=O)c21. The molecular formula is C12H14N2O2. The molecule has 0 spiro atoms. The van der Waals surface area contributed by atoms with Gasteiger partial charge in [-0.1, -0.05) is 12.1 Å². The summed E-state index contributed by atoms with van der Waals surface area (Å²) in [4.78, 5) is 25.2. The van der Waals surface area contributed by atoms with Crippen molar-refractivity contribution >= 4 is 17.3 Å². The van der Waals surface area contributed by atoms with Gasteiger partial charge in [-0.3, -0.25) is 4.57 Å². The molecule has 0 fully saturated rings. The monoisotopic (exact) mass is 218 g/mol. The van der Waals surface area contributed by atoms with E-state index < -0.39 is 0 Å². The Kier molecular flexibility index (Phi) is 2.64. The molecule has 16 heavy (non-hydrogen) atoms. The van der Waals surface area contributed by atoms with E-state index in [2.05, 4.69) is 4.98 Å². The van der Waals surface area contributed by atoms with Crippen molar-refractivity contribution in [3.8, 4) is 0 Å². The number of hydrogen-bond acceptors (Lipinski definition) is 2. The molecule has 1 heterocycles. The highest BCUT2D eigenvalue weighted by molar-refractivity contribution is 5.81. The average molecular weight is 218 g/mol. The molecule has 2 aromatic rings. The van der Waals surface area contributed by atoms with Crippen molar-refractivity contribution in [1.29, 1.82) is 0 Å². The van der Waals surface area contributed by atoms with Gasteiger partial charge in [0.2, 0.25) is 0 Å². The molecule has 0 unspecified atom stereocenters. The number of nitrogens with zero attached hydrogens (tertiary/aromatic N) is 1. The van der Waals surface area contributed by atoms with Gasteiger partial charge in [0.15, 0.2) is 0 Å². The fourth-order valence-electron chi connectivity index (χ4n) is 2.00. The highest BCUT2D eigenvalue weighted by Crippen LogP contribution is 2.19. The summed E-state index contributed by atoms with van der Waals surface area (Å²) in [5, 5.41) is 0. The molecule has 0 saturated carbocycles. The quantitative estimate of drug-likeness (QED) is 0.796. The molecular weight excluding hydrogens is 204 g/mol. The van der Waals surface area contributed by atoms with Gasteiger partial charge in [0.05, 0.1) is 11.0 Å². The van der Waals surface area contributed by atoms with Crippen LogP contribution in [0.1, 0.15) is 25.5 Å². The van der Waals surface area contributed by atoms with Crippen molar-refractivity contribution < 1.29 is 4.79 Å². The third-order valence-corrected chi connectivity index (χ3v) is 2.64. The number of benzene rings is 1. The summed E-state index contributed by atoms with van der Waals surface area (Å²) in [5.41, 5.74) is 2.40. The summed E-state index contributed by atoms with van der Waals surface area (Å²) in [6.45, 7) is 3.90. The highest BCUT2D eigenvalue weighted by atomic mass is 16.1. The maximum atomic E-state index is 11.8.